The number of hydrogen-bond acceptors (Lipinski definition) is 4. The van der Waals surface area contributed by atoms with Gasteiger partial charge in [-0.2, -0.15) is 0 Å². The van der Waals surface area contributed by atoms with Gasteiger partial charge in [-0.3, -0.25) is 9.59 Å². The van der Waals surface area contributed by atoms with Crippen LogP contribution in [0.2, 0.25) is 0 Å². The van der Waals surface area contributed by atoms with Crippen LogP contribution in [0.4, 0.5) is 11.4 Å². The Balaban J connectivity index is 2.09. The molecule has 0 saturated carbocycles. The van der Waals surface area contributed by atoms with Gasteiger partial charge in [0.05, 0.1) is 5.56 Å². The van der Waals surface area contributed by atoms with Crippen molar-refractivity contribution < 1.29 is 14.3 Å². The van der Waals surface area contributed by atoms with Crippen molar-refractivity contribution in [1.82, 2.24) is 5.32 Å². The molecule has 2 aromatic carbocycles. The van der Waals surface area contributed by atoms with Crippen LogP contribution in [0.3, 0.4) is 0 Å². The van der Waals surface area contributed by atoms with Gasteiger partial charge in [-0.1, -0.05) is 30.3 Å². The molecule has 0 aliphatic carbocycles. The maximum atomic E-state index is 12.6. The van der Waals surface area contributed by atoms with E-state index in [1.165, 1.54) is 6.08 Å². The van der Waals surface area contributed by atoms with E-state index >= 15 is 0 Å². The zero-order chi connectivity index (χ0) is 20.4. The van der Waals surface area contributed by atoms with Crippen LogP contribution < -0.4 is 15.5 Å². The van der Waals surface area contributed by atoms with Gasteiger partial charge in [-0.15, -0.1) is 0 Å². The largest absolute Gasteiger partial charge is 0.385 e. The molecule has 2 aromatic rings. The quantitative estimate of drug-likeness (QED) is 0.517. The number of hydrogen-bond donors (Lipinski definition) is 2. The maximum absolute atomic E-state index is 12.6. The summed E-state index contributed by atoms with van der Waals surface area (Å²) < 4.78 is 5.00. The van der Waals surface area contributed by atoms with E-state index in [1.54, 1.807) is 25.3 Å². The summed E-state index contributed by atoms with van der Waals surface area (Å²) in [5.74, 6) is -0.441. The van der Waals surface area contributed by atoms with Crippen molar-refractivity contribution in [3.8, 4) is 0 Å². The van der Waals surface area contributed by atoms with Gasteiger partial charge in [-0.25, -0.2) is 0 Å². The first kappa shape index (κ1) is 21.2. The molecular formula is C22H27N3O3. The van der Waals surface area contributed by atoms with Gasteiger partial charge in [0.1, 0.15) is 0 Å². The summed E-state index contributed by atoms with van der Waals surface area (Å²) >= 11 is 0. The number of carbonyl (C=O) groups is 2. The minimum atomic E-state index is -0.257. The average molecular weight is 381 g/mol. The number of anilines is 2. The van der Waals surface area contributed by atoms with Crippen LogP contribution in [0.5, 0.6) is 0 Å². The molecule has 0 aliphatic heterocycles. The summed E-state index contributed by atoms with van der Waals surface area (Å²) in [4.78, 5) is 26.6. The van der Waals surface area contributed by atoms with E-state index < -0.39 is 0 Å². The summed E-state index contributed by atoms with van der Waals surface area (Å²) in [6, 6.07) is 14.9. The lowest BCUT2D eigenvalue weighted by Crippen LogP contribution is -2.27. The molecule has 0 aromatic heterocycles. The van der Waals surface area contributed by atoms with Crippen molar-refractivity contribution >= 4 is 29.3 Å². The van der Waals surface area contributed by atoms with Crippen molar-refractivity contribution in [3.05, 3.63) is 65.7 Å². The molecule has 6 heteroatoms. The highest BCUT2D eigenvalue weighted by Crippen LogP contribution is 2.23. The Morgan fingerprint density at radius 1 is 1.11 bits per heavy atom. The zero-order valence-electron chi connectivity index (χ0n) is 16.6. The lowest BCUT2D eigenvalue weighted by atomic mass is 10.1. The number of methoxy groups -OCH3 is 1. The van der Waals surface area contributed by atoms with Crippen LogP contribution >= 0.6 is 0 Å². The summed E-state index contributed by atoms with van der Waals surface area (Å²) in [7, 11) is 5.38. The number of nitrogens with one attached hydrogen (secondary N) is 2. The number of carbonyl (C=O) groups excluding carboxylic acids is 2. The normalized spacial score (nSPS) is 10.7. The molecule has 0 bridgehead atoms. The van der Waals surface area contributed by atoms with E-state index in [2.05, 4.69) is 10.6 Å². The summed E-state index contributed by atoms with van der Waals surface area (Å²) in [6.07, 6.45) is 3.95. The second kappa shape index (κ2) is 10.9. The fraction of sp³-hybridized carbons (Fsp3) is 0.273. The number of benzene rings is 2. The predicted molar refractivity (Wildman–Crippen MR) is 114 cm³/mol. The fourth-order valence-corrected chi connectivity index (χ4v) is 2.62. The molecule has 2 N–H and O–H groups in total. The van der Waals surface area contributed by atoms with Gasteiger partial charge in [0.25, 0.3) is 5.91 Å². The van der Waals surface area contributed by atoms with Gasteiger partial charge in [0, 0.05) is 51.8 Å². The molecule has 2 amide bonds. The van der Waals surface area contributed by atoms with Crippen LogP contribution in [0.25, 0.3) is 6.08 Å². The molecule has 0 aliphatic rings. The van der Waals surface area contributed by atoms with E-state index in [9.17, 15) is 9.59 Å². The molecule has 0 saturated heterocycles. The van der Waals surface area contributed by atoms with Gasteiger partial charge < -0.3 is 20.3 Å². The Hall–Kier alpha value is -3.12. The Bertz CT molecular complexity index is 817. The van der Waals surface area contributed by atoms with E-state index in [4.69, 9.17) is 4.74 Å². The minimum absolute atomic E-state index is 0.185. The highest BCUT2D eigenvalue weighted by Gasteiger charge is 2.14. The number of rotatable bonds is 9. The van der Waals surface area contributed by atoms with Crippen molar-refractivity contribution in [2.45, 2.75) is 6.42 Å². The van der Waals surface area contributed by atoms with Crippen LogP contribution in [-0.4, -0.2) is 46.2 Å². The molecular weight excluding hydrogens is 354 g/mol. The topological polar surface area (TPSA) is 70.7 Å². The lowest BCUT2D eigenvalue weighted by molar-refractivity contribution is -0.111. The third-order valence-electron chi connectivity index (χ3n) is 4.03. The van der Waals surface area contributed by atoms with E-state index in [0.29, 0.717) is 24.4 Å². The summed E-state index contributed by atoms with van der Waals surface area (Å²) in [6.45, 7) is 1.11. The van der Waals surface area contributed by atoms with Crippen LogP contribution in [0.1, 0.15) is 22.3 Å². The van der Waals surface area contributed by atoms with Gasteiger partial charge >= 0.3 is 0 Å². The van der Waals surface area contributed by atoms with Crippen molar-refractivity contribution in [1.29, 1.82) is 0 Å². The summed E-state index contributed by atoms with van der Waals surface area (Å²) in [5, 5.41) is 5.69. The molecule has 2 rings (SSSR count). The average Bonchev–Trinajstić information content (AvgIpc) is 2.70. The SMILES string of the molecule is COCCCNC(=O)c1cc(NC(=O)C=Cc2ccccc2)ccc1N(C)C. The third-order valence-corrected chi connectivity index (χ3v) is 4.03. The van der Waals surface area contributed by atoms with Gasteiger partial charge in [0.15, 0.2) is 0 Å². The fourth-order valence-electron chi connectivity index (χ4n) is 2.62. The number of nitrogens with zero attached hydrogens (tertiary/aromatic N) is 1. The minimum Gasteiger partial charge on any atom is -0.385 e. The highest BCUT2D eigenvalue weighted by atomic mass is 16.5. The predicted octanol–water partition coefficient (Wildman–Crippen LogP) is 3.17. The molecule has 0 fully saturated rings. The molecule has 0 heterocycles. The highest BCUT2D eigenvalue weighted by molar-refractivity contribution is 6.04. The second-order valence-electron chi connectivity index (χ2n) is 6.46. The number of amides is 2. The molecule has 0 radical (unpaired) electrons. The van der Waals surface area contributed by atoms with Crippen molar-refractivity contribution in [2.24, 2.45) is 0 Å². The number of ether oxygens (including phenoxy) is 1. The van der Waals surface area contributed by atoms with Crippen molar-refractivity contribution in [2.75, 3.05) is 44.6 Å². The van der Waals surface area contributed by atoms with E-state index in [1.807, 2.05) is 55.4 Å². The molecule has 0 unspecified atom stereocenters. The summed E-state index contributed by atoms with van der Waals surface area (Å²) in [5.41, 5.74) is 2.79. The molecule has 148 valence electrons. The van der Waals surface area contributed by atoms with Gasteiger partial charge in [-0.05, 0) is 36.3 Å². The van der Waals surface area contributed by atoms with Crippen LogP contribution in [0.15, 0.2) is 54.6 Å². The Morgan fingerprint density at radius 3 is 2.54 bits per heavy atom. The Morgan fingerprint density at radius 2 is 1.86 bits per heavy atom. The Kier molecular flexibility index (Phi) is 8.24. The first-order valence-corrected chi connectivity index (χ1v) is 9.14. The lowest BCUT2D eigenvalue weighted by Gasteiger charge is -2.18. The zero-order valence-corrected chi connectivity index (χ0v) is 16.6. The standard InChI is InChI=1S/C22H27N3O3/c1-25(2)20-12-11-18(16-19(20)22(27)23-14-7-15-28-3)24-21(26)13-10-17-8-5-4-6-9-17/h4-6,8-13,16H,7,14-15H2,1-3H3,(H,23,27)(H,24,26). The van der Waals surface area contributed by atoms with E-state index in [0.717, 1.165) is 17.7 Å². The first-order chi connectivity index (χ1) is 13.5. The Labute approximate surface area is 166 Å². The monoisotopic (exact) mass is 381 g/mol. The van der Waals surface area contributed by atoms with Crippen LogP contribution in [-0.2, 0) is 9.53 Å². The van der Waals surface area contributed by atoms with Crippen molar-refractivity contribution in [3.63, 3.8) is 0 Å². The first-order valence-electron chi connectivity index (χ1n) is 9.14. The molecule has 28 heavy (non-hydrogen) atoms. The third kappa shape index (κ3) is 6.55. The van der Waals surface area contributed by atoms with Gasteiger partial charge in [0.2, 0.25) is 5.91 Å². The second-order valence-corrected chi connectivity index (χ2v) is 6.46. The van der Waals surface area contributed by atoms with Crippen LogP contribution in [0, 0.1) is 0 Å². The maximum Gasteiger partial charge on any atom is 0.253 e. The molecule has 0 atom stereocenters. The molecule has 6 nitrogen and oxygen atoms in total. The smallest absolute Gasteiger partial charge is 0.253 e. The molecule has 0 spiro atoms. The van der Waals surface area contributed by atoms with E-state index in [-0.39, 0.29) is 11.8 Å².